The standard InChI is InChI=1S/C12H12N2O3/c15-11-8-10(6-7-12(16)17)14(13-11)9-4-2-1-3-5-9/h1-5,8H,6-7H2,(H,13,15)(H,16,17). The van der Waals surface area contributed by atoms with Gasteiger partial charge < -0.3 is 5.11 Å². The lowest BCUT2D eigenvalue weighted by Gasteiger charge is -2.06. The Bertz CT molecular complexity index is 569. The quantitative estimate of drug-likeness (QED) is 0.831. The number of carboxylic acids is 1. The molecule has 0 saturated carbocycles. The van der Waals surface area contributed by atoms with Crippen molar-refractivity contribution in [3.8, 4) is 5.69 Å². The molecule has 5 heteroatoms. The fourth-order valence-electron chi connectivity index (χ4n) is 1.66. The number of rotatable bonds is 4. The van der Waals surface area contributed by atoms with Crippen molar-refractivity contribution in [1.82, 2.24) is 9.78 Å². The maximum Gasteiger partial charge on any atom is 0.303 e. The highest BCUT2D eigenvalue weighted by Gasteiger charge is 2.08. The van der Waals surface area contributed by atoms with E-state index in [2.05, 4.69) is 5.10 Å². The van der Waals surface area contributed by atoms with Gasteiger partial charge in [0.2, 0.25) is 0 Å². The van der Waals surface area contributed by atoms with E-state index < -0.39 is 5.97 Å². The molecule has 0 unspecified atom stereocenters. The Kier molecular flexibility index (Phi) is 3.09. The number of aliphatic carboxylic acids is 1. The van der Waals surface area contributed by atoms with Crippen LogP contribution < -0.4 is 5.56 Å². The summed E-state index contributed by atoms with van der Waals surface area (Å²) >= 11 is 0. The summed E-state index contributed by atoms with van der Waals surface area (Å²) in [4.78, 5) is 21.8. The third kappa shape index (κ3) is 2.63. The number of aryl methyl sites for hydroxylation is 1. The zero-order chi connectivity index (χ0) is 12.3. The number of hydrogen-bond acceptors (Lipinski definition) is 2. The van der Waals surface area contributed by atoms with Crippen molar-refractivity contribution in [1.29, 1.82) is 0 Å². The highest BCUT2D eigenvalue weighted by molar-refractivity contribution is 5.67. The van der Waals surface area contributed by atoms with Crippen LogP contribution in [0.15, 0.2) is 41.2 Å². The number of H-pyrrole nitrogens is 1. The van der Waals surface area contributed by atoms with Crippen LogP contribution in [0.4, 0.5) is 0 Å². The summed E-state index contributed by atoms with van der Waals surface area (Å²) in [5, 5.41) is 11.3. The van der Waals surface area contributed by atoms with Gasteiger partial charge in [0.15, 0.2) is 0 Å². The zero-order valence-electron chi connectivity index (χ0n) is 9.09. The first-order valence-electron chi connectivity index (χ1n) is 5.25. The molecule has 0 atom stereocenters. The monoisotopic (exact) mass is 232 g/mol. The molecule has 88 valence electrons. The predicted molar refractivity (Wildman–Crippen MR) is 62.3 cm³/mol. The van der Waals surface area contributed by atoms with Crippen molar-refractivity contribution >= 4 is 5.97 Å². The van der Waals surface area contributed by atoms with Crippen molar-refractivity contribution in [2.24, 2.45) is 0 Å². The third-order valence-corrected chi connectivity index (χ3v) is 2.42. The van der Waals surface area contributed by atoms with E-state index in [0.717, 1.165) is 5.69 Å². The van der Waals surface area contributed by atoms with Crippen molar-refractivity contribution < 1.29 is 9.90 Å². The molecular formula is C12H12N2O3. The van der Waals surface area contributed by atoms with Crippen LogP contribution in [0.2, 0.25) is 0 Å². The van der Waals surface area contributed by atoms with Gasteiger partial charge in [-0.25, -0.2) is 0 Å². The molecule has 2 rings (SSSR count). The number of carboxylic acid groups (broad SMARTS) is 1. The first-order chi connectivity index (χ1) is 8.16. The summed E-state index contributed by atoms with van der Waals surface area (Å²) in [6.45, 7) is 0. The molecule has 0 saturated heterocycles. The molecule has 1 heterocycles. The van der Waals surface area contributed by atoms with Gasteiger partial charge in [0, 0.05) is 18.2 Å². The number of aromatic amines is 1. The van der Waals surface area contributed by atoms with Crippen LogP contribution >= 0.6 is 0 Å². The molecule has 0 amide bonds. The van der Waals surface area contributed by atoms with E-state index in [-0.39, 0.29) is 12.0 Å². The summed E-state index contributed by atoms with van der Waals surface area (Å²) in [6, 6.07) is 10.7. The topological polar surface area (TPSA) is 75.1 Å². The summed E-state index contributed by atoms with van der Waals surface area (Å²) in [5.41, 5.74) is 1.26. The second kappa shape index (κ2) is 4.69. The van der Waals surface area contributed by atoms with Crippen LogP contribution in [0.3, 0.4) is 0 Å². The van der Waals surface area contributed by atoms with E-state index in [1.807, 2.05) is 30.3 Å². The Labute approximate surface area is 97.3 Å². The van der Waals surface area contributed by atoms with Crippen LogP contribution in [0.5, 0.6) is 0 Å². The molecule has 0 spiro atoms. The normalized spacial score (nSPS) is 10.4. The minimum atomic E-state index is -0.877. The molecule has 0 bridgehead atoms. The molecule has 0 radical (unpaired) electrons. The second-order valence-corrected chi connectivity index (χ2v) is 3.68. The third-order valence-electron chi connectivity index (χ3n) is 2.42. The lowest BCUT2D eigenvalue weighted by molar-refractivity contribution is -0.136. The van der Waals surface area contributed by atoms with Gasteiger partial charge in [-0.15, -0.1) is 0 Å². The minimum Gasteiger partial charge on any atom is -0.481 e. The molecular weight excluding hydrogens is 220 g/mol. The highest BCUT2D eigenvalue weighted by Crippen LogP contribution is 2.09. The molecule has 0 aliphatic carbocycles. The number of aromatic nitrogens is 2. The Morgan fingerprint density at radius 2 is 2.00 bits per heavy atom. The van der Waals surface area contributed by atoms with E-state index >= 15 is 0 Å². The first kappa shape index (κ1) is 11.2. The van der Waals surface area contributed by atoms with Gasteiger partial charge in [0.25, 0.3) is 5.56 Å². The van der Waals surface area contributed by atoms with Gasteiger partial charge >= 0.3 is 5.97 Å². The Morgan fingerprint density at radius 1 is 1.29 bits per heavy atom. The van der Waals surface area contributed by atoms with Crippen molar-refractivity contribution in [2.75, 3.05) is 0 Å². The lowest BCUT2D eigenvalue weighted by Crippen LogP contribution is -2.06. The van der Waals surface area contributed by atoms with Crippen LogP contribution in [0.1, 0.15) is 12.1 Å². The van der Waals surface area contributed by atoms with Crippen molar-refractivity contribution in [3.05, 3.63) is 52.4 Å². The lowest BCUT2D eigenvalue weighted by atomic mass is 10.2. The Morgan fingerprint density at radius 3 is 2.65 bits per heavy atom. The van der Waals surface area contributed by atoms with Gasteiger partial charge in [0.1, 0.15) is 0 Å². The molecule has 0 aliphatic heterocycles. The average Bonchev–Trinajstić information content (AvgIpc) is 2.69. The molecule has 2 N–H and O–H groups in total. The minimum absolute atomic E-state index is 0.00409. The van der Waals surface area contributed by atoms with Crippen LogP contribution in [0, 0.1) is 0 Å². The number of carbonyl (C=O) groups is 1. The van der Waals surface area contributed by atoms with E-state index in [4.69, 9.17) is 5.11 Å². The smallest absolute Gasteiger partial charge is 0.303 e. The largest absolute Gasteiger partial charge is 0.481 e. The van der Waals surface area contributed by atoms with Gasteiger partial charge in [-0.05, 0) is 12.1 Å². The van der Waals surface area contributed by atoms with E-state index in [9.17, 15) is 9.59 Å². The van der Waals surface area contributed by atoms with Crippen LogP contribution in [-0.4, -0.2) is 20.9 Å². The van der Waals surface area contributed by atoms with Gasteiger partial charge in [-0.1, -0.05) is 18.2 Å². The van der Waals surface area contributed by atoms with Gasteiger partial charge in [-0.3, -0.25) is 19.4 Å². The van der Waals surface area contributed by atoms with Gasteiger partial charge in [-0.2, -0.15) is 0 Å². The van der Waals surface area contributed by atoms with Crippen molar-refractivity contribution in [3.63, 3.8) is 0 Å². The number of para-hydroxylation sites is 1. The zero-order valence-corrected chi connectivity index (χ0v) is 9.09. The van der Waals surface area contributed by atoms with Crippen LogP contribution in [0.25, 0.3) is 5.69 Å². The number of nitrogens with zero attached hydrogens (tertiary/aromatic N) is 1. The fourth-order valence-corrected chi connectivity index (χ4v) is 1.66. The summed E-state index contributed by atoms with van der Waals surface area (Å²) in [7, 11) is 0. The van der Waals surface area contributed by atoms with E-state index in [1.54, 1.807) is 4.68 Å². The molecule has 0 fully saturated rings. The maximum absolute atomic E-state index is 11.3. The molecule has 1 aromatic carbocycles. The number of hydrogen-bond donors (Lipinski definition) is 2. The van der Waals surface area contributed by atoms with E-state index in [0.29, 0.717) is 12.1 Å². The number of nitrogens with one attached hydrogen (secondary N) is 1. The molecule has 1 aromatic heterocycles. The Hall–Kier alpha value is -2.30. The molecule has 17 heavy (non-hydrogen) atoms. The number of benzene rings is 1. The van der Waals surface area contributed by atoms with Crippen LogP contribution in [-0.2, 0) is 11.2 Å². The van der Waals surface area contributed by atoms with E-state index in [1.165, 1.54) is 6.07 Å². The summed E-state index contributed by atoms with van der Waals surface area (Å²) in [6.07, 6.45) is 0.326. The summed E-state index contributed by atoms with van der Waals surface area (Å²) < 4.78 is 1.62. The second-order valence-electron chi connectivity index (χ2n) is 3.68. The predicted octanol–water partition coefficient (Wildman–Crippen LogP) is 1.18. The maximum atomic E-state index is 11.3. The Balaban J connectivity index is 2.34. The fraction of sp³-hybridized carbons (Fsp3) is 0.167. The summed E-state index contributed by atoms with van der Waals surface area (Å²) in [5.74, 6) is -0.877. The van der Waals surface area contributed by atoms with Crippen molar-refractivity contribution in [2.45, 2.75) is 12.8 Å². The van der Waals surface area contributed by atoms with Gasteiger partial charge in [0.05, 0.1) is 12.1 Å². The molecule has 2 aromatic rings. The SMILES string of the molecule is O=C(O)CCc1cc(=O)[nH]n1-c1ccccc1. The molecule has 0 aliphatic rings. The average molecular weight is 232 g/mol. The first-order valence-corrected chi connectivity index (χ1v) is 5.25. The highest BCUT2D eigenvalue weighted by atomic mass is 16.4. The molecule has 5 nitrogen and oxygen atoms in total.